The first-order valence-electron chi connectivity index (χ1n) is 6.72. The van der Waals surface area contributed by atoms with Crippen LogP contribution in [0.2, 0.25) is 0 Å². The average Bonchev–Trinajstić information content (AvgIpc) is 2.48. The Hall–Kier alpha value is -2.37. The van der Waals surface area contributed by atoms with Crippen molar-refractivity contribution in [1.29, 1.82) is 0 Å². The zero-order valence-corrected chi connectivity index (χ0v) is 11.8. The summed E-state index contributed by atoms with van der Waals surface area (Å²) in [5, 5.41) is 14.4. The Morgan fingerprint density at radius 2 is 1.52 bits per heavy atom. The molecule has 110 valence electrons. The molecule has 0 aliphatic rings. The van der Waals surface area contributed by atoms with Crippen molar-refractivity contribution >= 4 is 17.4 Å². The van der Waals surface area contributed by atoms with Gasteiger partial charge in [0.2, 0.25) is 0 Å². The lowest BCUT2D eigenvalue weighted by Gasteiger charge is -2.10. The first kappa shape index (κ1) is 15.0. The smallest absolute Gasteiger partial charge is 0.323 e. The maximum atomic E-state index is 11.9. The molecule has 5 heteroatoms. The molecule has 2 amide bonds. The molecule has 0 fully saturated rings. The number of amides is 2. The Morgan fingerprint density at radius 3 is 1.95 bits per heavy atom. The van der Waals surface area contributed by atoms with Gasteiger partial charge in [0.25, 0.3) is 0 Å². The van der Waals surface area contributed by atoms with Gasteiger partial charge in [-0.05, 0) is 42.3 Å². The number of aliphatic hydroxyl groups excluding tert-OH is 1. The van der Waals surface area contributed by atoms with Crippen molar-refractivity contribution in [3.63, 3.8) is 0 Å². The summed E-state index contributed by atoms with van der Waals surface area (Å²) in [6.07, 6.45) is 0. The minimum absolute atomic E-state index is 0.0155. The van der Waals surface area contributed by atoms with Crippen LogP contribution in [0.1, 0.15) is 24.1 Å². The van der Waals surface area contributed by atoms with Gasteiger partial charge in [-0.1, -0.05) is 24.3 Å². The third-order valence-electron chi connectivity index (χ3n) is 3.09. The van der Waals surface area contributed by atoms with Gasteiger partial charge in [0, 0.05) is 17.4 Å². The molecule has 0 saturated carbocycles. The van der Waals surface area contributed by atoms with E-state index >= 15 is 0 Å². The Labute approximate surface area is 123 Å². The Bertz CT molecular complexity index is 592. The summed E-state index contributed by atoms with van der Waals surface area (Å²) in [5.74, 6) is 0. The fourth-order valence-electron chi connectivity index (χ4n) is 1.86. The first-order valence-corrected chi connectivity index (χ1v) is 6.72. The van der Waals surface area contributed by atoms with Crippen LogP contribution in [-0.4, -0.2) is 11.1 Å². The van der Waals surface area contributed by atoms with E-state index in [-0.39, 0.29) is 18.7 Å². The molecule has 2 rings (SSSR count). The average molecular weight is 285 g/mol. The molecule has 1 atom stereocenters. The number of carbonyl (C=O) groups excluding carboxylic acids is 1. The highest BCUT2D eigenvalue weighted by atomic mass is 16.3. The normalized spacial score (nSPS) is 11.8. The van der Waals surface area contributed by atoms with Gasteiger partial charge < -0.3 is 21.5 Å². The van der Waals surface area contributed by atoms with E-state index in [9.17, 15) is 4.79 Å². The van der Waals surface area contributed by atoms with Crippen molar-refractivity contribution in [3.05, 3.63) is 59.7 Å². The van der Waals surface area contributed by atoms with Gasteiger partial charge in [-0.2, -0.15) is 0 Å². The van der Waals surface area contributed by atoms with E-state index in [0.717, 1.165) is 11.1 Å². The summed E-state index contributed by atoms with van der Waals surface area (Å²) in [5.41, 5.74) is 8.95. The summed E-state index contributed by atoms with van der Waals surface area (Å²) in [6.45, 7) is 1.89. The first-order chi connectivity index (χ1) is 10.1. The van der Waals surface area contributed by atoms with Crippen LogP contribution in [0.25, 0.3) is 0 Å². The van der Waals surface area contributed by atoms with E-state index < -0.39 is 0 Å². The van der Waals surface area contributed by atoms with E-state index in [1.54, 1.807) is 24.3 Å². The number of rotatable bonds is 4. The molecule has 21 heavy (non-hydrogen) atoms. The number of hydrogen-bond donors (Lipinski definition) is 4. The van der Waals surface area contributed by atoms with E-state index in [4.69, 9.17) is 10.8 Å². The lowest BCUT2D eigenvalue weighted by atomic mass is 10.1. The molecule has 2 aromatic rings. The third-order valence-corrected chi connectivity index (χ3v) is 3.09. The Morgan fingerprint density at radius 1 is 1.05 bits per heavy atom. The molecule has 1 unspecified atom stereocenters. The topological polar surface area (TPSA) is 87.4 Å². The van der Waals surface area contributed by atoms with E-state index in [1.165, 1.54) is 0 Å². The zero-order valence-electron chi connectivity index (χ0n) is 11.8. The SMILES string of the molecule is CC(N)c1ccc(NC(=O)Nc2ccc(CO)cc2)cc1. The van der Waals surface area contributed by atoms with Crippen molar-refractivity contribution < 1.29 is 9.90 Å². The molecule has 0 saturated heterocycles. The summed E-state index contributed by atoms with van der Waals surface area (Å²) in [7, 11) is 0. The van der Waals surface area contributed by atoms with Crippen molar-refractivity contribution in [1.82, 2.24) is 0 Å². The number of urea groups is 1. The molecule has 0 radical (unpaired) electrons. The van der Waals surface area contributed by atoms with Crippen LogP contribution in [0.4, 0.5) is 16.2 Å². The van der Waals surface area contributed by atoms with Crippen LogP contribution in [0.15, 0.2) is 48.5 Å². The Balaban J connectivity index is 1.94. The van der Waals surface area contributed by atoms with Gasteiger partial charge in [0.1, 0.15) is 0 Å². The van der Waals surface area contributed by atoms with Crippen molar-refractivity contribution in [3.8, 4) is 0 Å². The van der Waals surface area contributed by atoms with E-state index in [2.05, 4.69) is 10.6 Å². The highest BCUT2D eigenvalue weighted by molar-refractivity contribution is 5.99. The van der Waals surface area contributed by atoms with Gasteiger partial charge >= 0.3 is 6.03 Å². The van der Waals surface area contributed by atoms with Crippen LogP contribution in [-0.2, 0) is 6.61 Å². The van der Waals surface area contributed by atoms with E-state index in [1.807, 2.05) is 31.2 Å². The summed E-state index contributed by atoms with van der Waals surface area (Å²) in [4.78, 5) is 11.9. The number of nitrogens with one attached hydrogen (secondary N) is 2. The monoisotopic (exact) mass is 285 g/mol. The molecule has 0 aromatic heterocycles. The number of hydrogen-bond acceptors (Lipinski definition) is 3. The lowest BCUT2D eigenvalue weighted by Crippen LogP contribution is -2.19. The molecule has 0 bridgehead atoms. The standard InChI is InChI=1S/C16H19N3O2/c1-11(17)13-4-8-15(9-5-13)19-16(21)18-14-6-2-12(10-20)3-7-14/h2-9,11,20H,10,17H2,1H3,(H2,18,19,21). The molecule has 0 aliphatic carbocycles. The zero-order chi connectivity index (χ0) is 15.2. The molecular formula is C16H19N3O2. The largest absolute Gasteiger partial charge is 0.392 e. The molecule has 5 N–H and O–H groups in total. The molecule has 5 nitrogen and oxygen atoms in total. The van der Waals surface area contributed by atoms with Crippen LogP contribution in [0.5, 0.6) is 0 Å². The maximum Gasteiger partial charge on any atom is 0.323 e. The van der Waals surface area contributed by atoms with E-state index in [0.29, 0.717) is 11.4 Å². The fourth-order valence-corrected chi connectivity index (χ4v) is 1.86. The van der Waals surface area contributed by atoms with Crippen LogP contribution >= 0.6 is 0 Å². The predicted molar refractivity (Wildman–Crippen MR) is 84.1 cm³/mol. The lowest BCUT2D eigenvalue weighted by molar-refractivity contribution is 0.262. The van der Waals surface area contributed by atoms with Gasteiger partial charge in [0.15, 0.2) is 0 Å². The molecule has 0 spiro atoms. The van der Waals surface area contributed by atoms with Crippen molar-refractivity contribution in [2.24, 2.45) is 5.73 Å². The van der Waals surface area contributed by atoms with Crippen LogP contribution in [0, 0.1) is 0 Å². The quantitative estimate of drug-likeness (QED) is 0.696. The second kappa shape index (κ2) is 6.88. The van der Waals surface area contributed by atoms with Crippen LogP contribution in [0.3, 0.4) is 0 Å². The molecule has 0 aliphatic heterocycles. The highest BCUT2D eigenvalue weighted by Crippen LogP contribution is 2.15. The second-order valence-corrected chi connectivity index (χ2v) is 4.84. The number of carbonyl (C=O) groups is 1. The number of nitrogens with two attached hydrogens (primary N) is 1. The summed E-state index contributed by atoms with van der Waals surface area (Å²) >= 11 is 0. The summed E-state index contributed by atoms with van der Waals surface area (Å²) in [6, 6.07) is 14.0. The second-order valence-electron chi connectivity index (χ2n) is 4.84. The van der Waals surface area contributed by atoms with Crippen molar-refractivity contribution in [2.75, 3.05) is 10.6 Å². The number of benzene rings is 2. The van der Waals surface area contributed by atoms with Gasteiger partial charge in [-0.25, -0.2) is 4.79 Å². The summed E-state index contributed by atoms with van der Waals surface area (Å²) < 4.78 is 0. The van der Waals surface area contributed by atoms with Gasteiger partial charge in [-0.3, -0.25) is 0 Å². The van der Waals surface area contributed by atoms with Gasteiger partial charge in [-0.15, -0.1) is 0 Å². The third kappa shape index (κ3) is 4.30. The van der Waals surface area contributed by atoms with Crippen molar-refractivity contribution in [2.45, 2.75) is 19.6 Å². The molecule has 2 aromatic carbocycles. The fraction of sp³-hybridized carbons (Fsp3) is 0.188. The minimum atomic E-state index is -0.319. The molecular weight excluding hydrogens is 266 g/mol. The van der Waals surface area contributed by atoms with Gasteiger partial charge in [0.05, 0.1) is 6.61 Å². The molecule has 0 heterocycles. The Kier molecular flexibility index (Phi) is 4.92. The number of anilines is 2. The predicted octanol–water partition coefficient (Wildman–Crippen LogP) is 2.84. The van der Waals surface area contributed by atoms with Crippen LogP contribution < -0.4 is 16.4 Å². The number of aliphatic hydroxyl groups is 1. The maximum absolute atomic E-state index is 11.9. The highest BCUT2D eigenvalue weighted by Gasteiger charge is 2.04. The minimum Gasteiger partial charge on any atom is -0.392 e.